The molecule has 0 aliphatic rings. The first kappa shape index (κ1) is 16.7. The highest BCUT2D eigenvalue weighted by Gasteiger charge is 2.16. The third kappa shape index (κ3) is 3.77. The number of benzene rings is 1. The maximum Gasteiger partial charge on any atom is 0.259 e. The molecule has 1 amide bonds. The lowest BCUT2D eigenvalue weighted by Crippen LogP contribution is -2.17. The van der Waals surface area contributed by atoms with Crippen molar-refractivity contribution in [2.45, 2.75) is 27.2 Å². The minimum Gasteiger partial charge on any atom is -0.490 e. The smallest absolute Gasteiger partial charge is 0.259 e. The van der Waals surface area contributed by atoms with Crippen molar-refractivity contribution in [3.05, 3.63) is 46.9 Å². The van der Waals surface area contributed by atoms with Gasteiger partial charge in [-0.15, -0.1) is 0 Å². The van der Waals surface area contributed by atoms with Gasteiger partial charge >= 0.3 is 0 Å². The maximum absolute atomic E-state index is 14.3. The van der Waals surface area contributed by atoms with E-state index in [2.05, 4.69) is 10.3 Å². The molecule has 0 aliphatic heterocycles. The Balaban J connectivity index is 2.25. The molecule has 0 radical (unpaired) electrons. The fraction of sp³-hybridized carbons (Fsp3) is 0.294. The van der Waals surface area contributed by atoms with Crippen LogP contribution < -0.4 is 15.8 Å². The lowest BCUT2D eigenvalue weighted by Gasteiger charge is -2.12. The van der Waals surface area contributed by atoms with Crippen LogP contribution in [0.2, 0.25) is 0 Å². The predicted octanol–water partition coefficient (Wildman–Crippen LogP) is 3.46. The molecule has 2 rings (SSSR count). The summed E-state index contributed by atoms with van der Waals surface area (Å²) >= 11 is 0. The number of aryl methyl sites for hydroxylation is 2. The van der Waals surface area contributed by atoms with E-state index < -0.39 is 11.7 Å². The monoisotopic (exact) mass is 317 g/mol. The largest absolute Gasteiger partial charge is 0.490 e. The Bertz CT molecular complexity index is 732. The summed E-state index contributed by atoms with van der Waals surface area (Å²) in [6, 6.07) is 6.25. The zero-order chi connectivity index (χ0) is 17.0. The quantitative estimate of drug-likeness (QED) is 0.885. The fourth-order valence-corrected chi connectivity index (χ4v) is 2.03. The highest BCUT2D eigenvalue weighted by atomic mass is 19.1. The van der Waals surface area contributed by atoms with Crippen molar-refractivity contribution in [1.82, 2.24) is 4.98 Å². The van der Waals surface area contributed by atoms with E-state index in [-0.39, 0.29) is 22.8 Å². The molecule has 23 heavy (non-hydrogen) atoms. The van der Waals surface area contributed by atoms with Crippen LogP contribution in [0.25, 0.3) is 0 Å². The zero-order valence-corrected chi connectivity index (χ0v) is 13.4. The summed E-state index contributed by atoms with van der Waals surface area (Å²) in [5.74, 6) is -0.894. The van der Waals surface area contributed by atoms with Crippen molar-refractivity contribution >= 4 is 17.4 Å². The first-order chi connectivity index (χ1) is 10.9. The molecule has 0 saturated heterocycles. The molecule has 122 valence electrons. The molecule has 0 bridgehead atoms. The molecule has 0 atom stereocenters. The summed E-state index contributed by atoms with van der Waals surface area (Å²) in [5, 5.41) is 2.52. The second kappa shape index (κ2) is 7.09. The average Bonchev–Trinajstić information content (AvgIpc) is 2.51. The van der Waals surface area contributed by atoms with Gasteiger partial charge in [0.05, 0.1) is 17.9 Å². The van der Waals surface area contributed by atoms with Crippen LogP contribution in [-0.2, 0) is 0 Å². The van der Waals surface area contributed by atoms with Crippen LogP contribution in [0, 0.1) is 19.7 Å². The van der Waals surface area contributed by atoms with Gasteiger partial charge in [0.15, 0.2) is 11.6 Å². The number of halogens is 1. The van der Waals surface area contributed by atoms with Crippen molar-refractivity contribution in [2.75, 3.05) is 17.7 Å². The van der Waals surface area contributed by atoms with Gasteiger partial charge in [0.2, 0.25) is 0 Å². The van der Waals surface area contributed by atoms with Crippen LogP contribution in [-0.4, -0.2) is 17.5 Å². The summed E-state index contributed by atoms with van der Waals surface area (Å²) in [7, 11) is 0. The van der Waals surface area contributed by atoms with Crippen LogP contribution in [0.3, 0.4) is 0 Å². The van der Waals surface area contributed by atoms with E-state index in [1.807, 2.05) is 20.8 Å². The number of anilines is 2. The molecule has 0 saturated carbocycles. The highest BCUT2D eigenvalue weighted by Crippen LogP contribution is 2.25. The van der Waals surface area contributed by atoms with E-state index in [4.69, 9.17) is 10.5 Å². The number of nitrogens with two attached hydrogens (primary N) is 1. The van der Waals surface area contributed by atoms with Gasteiger partial charge in [-0.25, -0.2) is 9.37 Å². The van der Waals surface area contributed by atoms with Crippen LogP contribution in [0.15, 0.2) is 24.3 Å². The minimum absolute atomic E-state index is 0.0428. The molecule has 2 aromatic rings. The van der Waals surface area contributed by atoms with Crippen molar-refractivity contribution in [2.24, 2.45) is 0 Å². The van der Waals surface area contributed by atoms with Gasteiger partial charge in [0, 0.05) is 5.69 Å². The molecule has 0 aliphatic carbocycles. The van der Waals surface area contributed by atoms with Crippen LogP contribution >= 0.6 is 0 Å². The van der Waals surface area contributed by atoms with Gasteiger partial charge in [0.1, 0.15) is 5.82 Å². The third-order valence-corrected chi connectivity index (χ3v) is 3.41. The van der Waals surface area contributed by atoms with Crippen molar-refractivity contribution in [3.63, 3.8) is 0 Å². The highest BCUT2D eigenvalue weighted by molar-refractivity contribution is 6.07. The molecule has 0 unspecified atom stereocenters. The molecule has 3 N–H and O–H groups in total. The van der Waals surface area contributed by atoms with Crippen molar-refractivity contribution in [3.8, 4) is 5.75 Å². The lowest BCUT2D eigenvalue weighted by atomic mass is 10.1. The van der Waals surface area contributed by atoms with Gasteiger partial charge in [0.25, 0.3) is 5.91 Å². The number of carbonyl (C=O) groups is 1. The predicted molar refractivity (Wildman–Crippen MR) is 88.3 cm³/mol. The number of hydrogen-bond acceptors (Lipinski definition) is 4. The van der Waals surface area contributed by atoms with Gasteiger partial charge in [-0.2, -0.15) is 0 Å². The average molecular weight is 317 g/mol. The van der Waals surface area contributed by atoms with E-state index in [0.29, 0.717) is 6.61 Å². The van der Waals surface area contributed by atoms with Gasteiger partial charge < -0.3 is 15.8 Å². The Morgan fingerprint density at radius 3 is 2.83 bits per heavy atom. The van der Waals surface area contributed by atoms with E-state index in [1.165, 1.54) is 12.1 Å². The normalized spacial score (nSPS) is 10.4. The van der Waals surface area contributed by atoms with Crippen LogP contribution in [0.4, 0.5) is 15.9 Å². The summed E-state index contributed by atoms with van der Waals surface area (Å²) in [5.41, 5.74) is 7.63. The van der Waals surface area contributed by atoms with E-state index in [0.717, 1.165) is 17.7 Å². The van der Waals surface area contributed by atoms with E-state index in [1.54, 1.807) is 12.1 Å². The fourth-order valence-electron chi connectivity index (χ4n) is 2.03. The van der Waals surface area contributed by atoms with E-state index in [9.17, 15) is 9.18 Å². The Morgan fingerprint density at radius 2 is 2.13 bits per heavy atom. The summed E-state index contributed by atoms with van der Waals surface area (Å²) < 4.78 is 19.6. The molecule has 0 spiro atoms. The van der Waals surface area contributed by atoms with Gasteiger partial charge in [-0.1, -0.05) is 13.0 Å². The molecule has 5 nitrogen and oxygen atoms in total. The summed E-state index contributed by atoms with van der Waals surface area (Å²) in [6.07, 6.45) is 0.765. The van der Waals surface area contributed by atoms with Crippen LogP contribution in [0.1, 0.15) is 35.0 Å². The first-order valence-corrected chi connectivity index (χ1v) is 7.40. The number of aromatic nitrogens is 1. The maximum atomic E-state index is 14.3. The van der Waals surface area contributed by atoms with Gasteiger partial charge in [-0.3, -0.25) is 4.79 Å². The first-order valence-electron chi connectivity index (χ1n) is 7.40. The van der Waals surface area contributed by atoms with Crippen molar-refractivity contribution in [1.29, 1.82) is 0 Å². The minimum atomic E-state index is -0.607. The Hall–Kier alpha value is -2.63. The molecule has 1 aromatic heterocycles. The number of nitrogens with zero attached hydrogens (tertiary/aromatic N) is 1. The standard InChI is InChI=1S/C17H20FN3O2/c1-4-8-23-14-7-5-6-13(15(14)18)21-17(22)12-9-10(2)11(3)20-16(12)19/h5-7,9H,4,8H2,1-3H3,(H2,19,20)(H,21,22). The van der Waals surface area contributed by atoms with Gasteiger partial charge in [-0.05, 0) is 44.0 Å². The topological polar surface area (TPSA) is 77.2 Å². The molecule has 1 heterocycles. The molecule has 0 fully saturated rings. The molecule has 1 aromatic carbocycles. The third-order valence-electron chi connectivity index (χ3n) is 3.41. The molecular weight excluding hydrogens is 297 g/mol. The lowest BCUT2D eigenvalue weighted by molar-refractivity contribution is 0.102. The van der Waals surface area contributed by atoms with E-state index >= 15 is 0 Å². The Labute approximate surface area is 134 Å². The molecule has 6 heteroatoms. The number of rotatable bonds is 5. The number of hydrogen-bond donors (Lipinski definition) is 2. The summed E-state index contributed by atoms with van der Waals surface area (Å²) in [4.78, 5) is 16.5. The Morgan fingerprint density at radius 1 is 1.39 bits per heavy atom. The number of pyridine rings is 1. The summed E-state index contributed by atoms with van der Waals surface area (Å²) in [6.45, 7) is 5.97. The van der Waals surface area contributed by atoms with Crippen LogP contribution in [0.5, 0.6) is 5.75 Å². The van der Waals surface area contributed by atoms with Crippen molar-refractivity contribution < 1.29 is 13.9 Å². The SMILES string of the molecule is CCCOc1cccc(NC(=O)c2cc(C)c(C)nc2N)c1F. The second-order valence-corrected chi connectivity index (χ2v) is 5.24. The Kier molecular flexibility index (Phi) is 5.16. The number of nitrogens with one attached hydrogen (secondary N) is 1. The molecular formula is C17H20FN3O2. The number of nitrogen functional groups attached to an aromatic ring is 1. The number of amides is 1. The second-order valence-electron chi connectivity index (χ2n) is 5.24. The zero-order valence-electron chi connectivity index (χ0n) is 13.4. The number of carbonyl (C=O) groups excluding carboxylic acids is 1. The number of ether oxygens (including phenoxy) is 1.